The van der Waals surface area contributed by atoms with Crippen LogP contribution in [0.15, 0.2) is 79.0 Å². The molecule has 3 aromatic carbocycles. The van der Waals surface area contributed by atoms with Crippen molar-refractivity contribution < 1.29 is 9.53 Å². The van der Waals surface area contributed by atoms with Crippen LogP contribution in [0.1, 0.15) is 5.56 Å². The lowest BCUT2D eigenvalue weighted by Crippen LogP contribution is -2.16. The molecule has 0 radical (unpaired) electrons. The van der Waals surface area contributed by atoms with Crippen LogP contribution in [0.5, 0.6) is 5.75 Å². The average Bonchev–Trinajstić information content (AvgIpc) is 3.07. The number of anilines is 1. The second kappa shape index (κ2) is 7.97. The molecule has 1 N–H and O–H groups in total. The van der Waals surface area contributed by atoms with E-state index in [-0.39, 0.29) is 0 Å². The molecule has 1 amide bonds. The summed E-state index contributed by atoms with van der Waals surface area (Å²) in [7, 11) is 0. The zero-order valence-corrected chi connectivity index (χ0v) is 16.2. The number of halogens is 2. The maximum atomic E-state index is 12.1. The molecule has 4 aromatic rings. The van der Waals surface area contributed by atoms with Crippen LogP contribution in [0.3, 0.4) is 0 Å². The summed E-state index contributed by atoms with van der Waals surface area (Å²) >= 11 is 12.6. The molecule has 28 heavy (non-hydrogen) atoms. The van der Waals surface area contributed by atoms with E-state index >= 15 is 0 Å². The number of carbonyl (C=O) groups is 1. The highest BCUT2D eigenvalue weighted by Gasteiger charge is 2.10. The van der Waals surface area contributed by atoms with Crippen LogP contribution >= 0.6 is 23.2 Å². The van der Waals surface area contributed by atoms with Crippen molar-refractivity contribution in [1.82, 2.24) is 4.57 Å². The zero-order chi connectivity index (χ0) is 19.5. The molecule has 4 nitrogen and oxygen atoms in total. The quantitative estimate of drug-likeness (QED) is 0.411. The Morgan fingerprint density at radius 1 is 0.929 bits per heavy atom. The minimum absolute atomic E-state index is 0.490. The lowest BCUT2D eigenvalue weighted by Gasteiger charge is -2.10. The number of ether oxygens (including phenoxy) is 1. The van der Waals surface area contributed by atoms with Gasteiger partial charge in [-0.25, -0.2) is 4.79 Å². The first-order valence-electron chi connectivity index (χ1n) is 8.66. The number of fused-ring (bicyclic) bond motifs is 1. The summed E-state index contributed by atoms with van der Waals surface area (Å²) in [6.07, 6.45) is 1.43. The first-order chi connectivity index (χ1) is 13.6. The van der Waals surface area contributed by atoms with Crippen LogP contribution in [-0.4, -0.2) is 10.7 Å². The molecule has 0 fully saturated rings. The van der Waals surface area contributed by atoms with Gasteiger partial charge in [-0.05, 0) is 48.5 Å². The second-order valence-corrected chi connectivity index (χ2v) is 7.06. The van der Waals surface area contributed by atoms with Crippen molar-refractivity contribution in [2.45, 2.75) is 6.54 Å². The first kappa shape index (κ1) is 18.4. The van der Waals surface area contributed by atoms with Crippen LogP contribution < -0.4 is 10.1 Å². The highest BCUT2D eigenvalue weighted by atomic mass is 35.5. The Morgan fingerprint density at radius 3 is 2.43 bits per heavy atom. The van der Waals surface area contributed by atoms with E-state index in [2.05, 4.69) is 9.88 Å². The molecule has 140 valence electrons. The molecule has 0 saturated carbocycles. The van der Waals surface area contributed by atoms with E-state index in [1.807, 2.05) is 66.9 Å². The molecular weight excluding hydrogens is 395 g/mol. The van der Waals surface area contributed by atoms with Crippen molar-refractivity contribution in [3.8, 4) is 5.75 Å². The number of benzene rings is 3. The fourth-order valence-electron chi connectivity index (χ4n) is 3.01. The molecule has 0 aliphatic carbocycles. The van der Waals surface area contributed by atoms with Crippen LogP contribution in [0.25, 0.3) is 10.9 Å². The van der Waals surface area contributed by atoms with Gasteiger partial charge >= 0.3 is 6.09 Å². The minimum atomic E-state index is -0.534. The third-order valence-corrected chi connectivity index (χ3v) is 5.07. The van der Waals surface area contributed by atoms with Crippen molar-refractivity contribution in [2.24, 2.45) is 0 Å². The predicted molar refractivity (Wildman–Crippen MR) is 114 cm³/mol. The maximum absolute atomic E-state index is 12.1. The van der Waals surface area contributed by atoms with Gasteiger partial charge in [0.15, 0.2) is 0 Å². The van der Waals surface area contributed by atoms with Crippen LogP contribution in [0, 0.1) is 0 Å². The zero-order valence-electron chi connectivity index (χ0n) is 14.7. The van der Waals surface area contributed by atoms with Gasteiger partial charge in [0.1, 0.15) is 5.75 Å². The van der Waals surface area contributed by atoms with Gasteiger partial charge in [0, 0.05) is 38.4 Å². The number of rotatable bonds is 4. The Morgan fingerprint density at radius 2 is 1.68 bits per heavy atom. The molecule has 1 aromatic heterocycles. The van der Waals surface area contributed by atoms with E-state index in [1.165, 1.54) is 0 Å². The second-order valence-electron chi connectivity index (χ2n) is 6.25. The van der Waals surface area contributed by atoms with E-state index in [9.17, 15) is 4.79 Å². The minimum Gasteiger partial charge on any atom is -0.410 e. The lowest BCUT2D eigenvalue weighted by molar-refractivity contribution is 0.215. The molecule has 4 rings (SSSR count). The number of nitrogens with zero attached hydrogens (tertiary/aromatic N) is 1. The maximum Gasteiger partial charge on any atom is 0.417 e. The van der Waals surface area contributed by atoms with Gasteiger partial charge in [-0.3, -0.25) is 5.32 Å². The van der Waals surface area contributed by atoms with Crippen molar-refractivity contribution in [2.75, 3.05) is 5.32 Å². The van der Waals surface area contributed by atoms with Gasteiger partial charge in [0.2, 0.25) is 0 Å². The van der Waals surface area contributed by atoms with E-state index in [0.717, 1.165) is 16.5 Å². The molecule has 0 aliphatic heterocycles. The van der Waals surface area contributed by atoms with Gasteiger partial charge in [-0.15, -0.1) is 0 Å². The number of nitrogens with one attached hydrogen (secondary N) is 1. The van der Waals surface area contributed by atoms with Gasteiger partial charge in [0.25, 0.3) is 0 Å². The molecular formula is C22H16Cl2N2O2. The van der Waals surface area contributed by atoms with Gasteiger partial charge in [0.05, 0.1) is 6.54 Å². The van der Waals surface area contributed by atoms with Crippen molar-refractivity contribution in [3.63, 3.8) is 0 Å². The Hall–Kier alpha value is -2.95. The largest absolute Gasteiger partial charge is 0.417 e. The Kier molecular flexibility index (Phi) is 5.24. The van der Waals surface area contributed by atoms with Crippen molar-refractivity contribution in [1.29, 1.82) is 0 Å². The third-order valence-electron chi connectivity index (χ3n) is 4.36. The first-order valence-corrected chi connectivity index (χ1v) is 9.41. The van der Waals surface area contributed by atoms with Crippen LogP contribution in [0.2, 0.25) is 10.0 Å². The van der Waals surface area contributed by atoms with Crippen molar-refractivity contribution >= 4 is 45.9 Å². The van der Waals surface area contributed by atoms with E-state index in [0.29, 0.717) is 28.0 Å². The number of hydrogen-bond donors (Lipinski definition) is 1. The molecule has 0 atom stereocenters. The summed E-state index contributed by atoms with van der Waals surface area (Å²) < 4.78 is 7.32. The molecule has 0 bridgehead atoms. The highest BCUT2D eigenvalue weighted by Crippen LogP contribution is 2.28. The molecule has 0 spiro atoms. The van der Waals surface area contributed by atoms with Gasteiger partial charge in [-0.2, -0.15) is 0 Å². The summed E-state index contributed by atoms with van der Waals surface area (Å²) in [5, 5.41) is 5.00. The Bertz CT molecular complexity index is 1120. The molecule has 1 heterocycles. The predicted octanol–water partition coefficient (Wildman–Crippen LogP) is 6.61. The molecule has 0 unspecified atom stereocenters. The highest BCUT2D eigenvalue weighted by molar-refractivity contribution is 6.36. The average molecular weight is 411 g/mol. The normalized spacial score (nSPS) is 10.8. The summed E-state index contributed by atoms with van der Waals surface area (Å²) in [5.41, 5.74) is 2.54. The number of aromatic nitrogens is 1. The number of carbonyl (C=O) groups excluding carboxylic acids is 1. The Balaban J connectivity index is 1.52. The summed E-state index contributed by atoms with van der Waals surface area (Å²) in [6, 6.07) is 22.1. The molecule has 0 saturated heterocycles. The van der Waals surface area contributed by atoms with E-state index < -0.39 is 6.09 Å². The number of amides is 1. The Labute approximate surface area is 172 Å². The fraction of sp³-hybridized carbons (Fsp3) is 0.0455. The van der Waals surface area contributed by atoms with Crippen LogP contribution in [0.4, 0.5) is 10.5 Å². The third kappa shape index (κ3) is 3.98. The van der Waals surface area contributed by atoms with E-state index in [4.69, 9.17) is 27.9 Å². The summed E-state index contributed by atoms with van der Waals surface area (Å²) in [5.74, 6) is 0.490. The SMILES string of the molecule is O=C(Nc1ccc2c(ccn2Cc2c(Cl)cccc2Cl)c1)Oc1ccccc1. The molecule has 6 heteroatoms. The standard InChI is InChI=1S/C22H16Cl2N2O2/c23-19-7-4-8-20(24)18(19)14-26-12-11-15-13-16(9-10-21(15)26)25-22(27)28-17-5-2-1-3-6-17/h1-13H,14H2,(H,25,27). The topological polar surface area (TPSA) is 43.3 Å². The fourth-order valence-corrected chi connectivity index (χ4v) is 3.53. The smallest absolute Gasteiger partial charge is 0.410 e. The van der Waals surface area contributed by atoms with E-state index in [1.54, 1.807) is 12.1 Å². The molecule has 0 aliphatic rings. The summed E-state index contributed by atoms with van der Waals surface area (Å²) in [4.78, 5) is 12.1. The number of para-hydroxylation sites is 1. The lowest BCUT2D eigenvalue weighted by atomic mass is 10.2. The van der Waals surface area contributed by atoms with Gasteiger partial charge < -0.3 is 9.30 Å². The van der Waals surface area contributed by atoms with Gasteiger partial charge in [-0.1, -0.05) is 47.5 Å². The van der Waals surface area contributed by atoms with Crippen molar-refractivity contribution in [3.05, 3.63) is 94.6 Å². The monoisotopic (exact) mass is 410 g/mol. The van der Waals surface area contributed by atoms with Crippen LogP contribution in [-0.2, 0) is 6.54 Å². The summed E-state index contributed by atoms with van der Waals surface area (Å²) in [6.45, 7) is 0.560. The number of hydrogen-bond acceptors (Lipinski definition) is 2.